The van der Waals surface area contributed by atoms with Gasteiger partial charge in [-0.15, -0.1) is 0 Å². The second-order valence-electron chi connectivity index (χ2n) is 3.62. The molecule has 0 aromatic carbocycles. The molecule has 0 atom stereocenters. The van der Waals surface area contributed by atoms with Crippen LogP contribution in [0.25, 0.3) is 0 Å². The number of likely N-dealkylation sites (N-methyl/N-ethyl adjacent to an activating group) is 1. The third-order valence-corrected chi connectivity index (χ3v) is 2.71. The van der Waals surface area contributed by atoms with Crippen molar-refractivity contribution in [3.05, 3.63) is 0 Å². The molecule has 0 radical (unpaired) electrons. The molecule has 1 heterocycles. The second-order valence-corrected chi connectivity index (χ2v) is 3.62. The smallest absolute Gasteiger partial charge is 0.397 e. The minimum absolute atomic E-state index is 0.255. The van der Waals surface area contributed by atoms with Crippen molar-refractivity contribution >= 4 is 11.9 Å². The molecule has 1 aliphatic heterocycles. The number of hydrogen-bond donors (Lipinski definition) is 1. The number of rotatable bonds is 2. The molecule has 1 saturated heterocycles. The summed E-state index contributed by atoms with van der Waals surface area (Å²) >= 11 is 0. The molecule has 0 spiro atoms. The Hall–Kier alpha value is -1.10. The maximum absolute atomic E-state index is 11.5. The van der Waals surface area contributed by atoms with Crippen LogP contribution in [0, 0.1) is 0 Å². The molecule has 1 N–H and O–H groups in total. The van der Waals surface area contributed by atoms with Crippen molar-refractivity contribution < 1.29 is 19.2 Å². The predicted molar refractivity (Wildman–Crippen MR) is 54.5 cm³/mol. The minimum Gasteiger partial charge on any atom is -0.459 e. The monoisotopic (exact) mass is 215 g/mol. The van der Waals surface area contributed by atoms with Crippen LogP contribution in [0.3, 0.4) is 0 Å². The number of carbonyl (C=O) groups excluding carboxylic acids is 2. The Morgan fingerprint density at radius 1 is 1.27 bits per heavy atom. The van der Waals surface area contributed by atoms with Crippen LogP contribution in [-0.4, -0.2) is 56.1 Å². The van der Waals surface area contributed by atoms with E-state index in [0.29, 0.717) is 13.1 Å². The average molecular weight is 215 g/mol. The van der Waals surface area contributed by atoms with Gasteiger partial charge in [-0.05, 0) is 13.8 Å². The molecule has 1 aliphatic rings. The molecule has 0 saturated carbocycles. The van der Waals surface area contributed by atoms with Gasteiger partial charge in [0, 0.05) is 0 Å². The number of nitrogens with one attached hydrogen (secondary N) is 1. The zero-order valence-electron chi connectivity index (χ0n) is 9.41. The number of quaternary nitrogens is 1. The molecule has 0 aromatic heterocycles. The van der Waals surface area contributed by atoms with Crippen molar-refractivity contribution in [1.29, 1.82) is 0 Å². The van der Waals surface area contributed by atoms with E-state index in [1.165, 1.54) is 4.90 Å². The Kier molecular flexibility index (Phi) is 4.55. The molecule has 1 fully saturated rings. The molecule has 1 amide bonds. The predicted octanol–water partition coefficient (Wildman–Crippen LogP) is -1.70. The lowest BCUT2D eigenvalue weighted by molar-refractivity contribution is -0.902. The van der Waals surface area contributed by atoms with Gasteiger partial charge >= 0.3 is 11.9 Å². The standard InChI is InChI=1S/C10H18N2O3/c1-3-11-5-7-12(8-6-11)9(13)10(14)15-4-2/h3-8H2,1-2H3/p+1. The van der Waals surface area contributed by atoms with E-state index in [1.54, 1.807) is 11.8 Å². The lowest BCUT2D eigenvalue weighted by Gasteiger charge is -2.30. The summed E-state index contributed by atoms with van der Waals surface area (Å²) in [4.78, 5) is 25.8. The van der Waals surface area contributed by atoms with Gasteiger partial charge in [-0.25, -0.2) is 4.79 Å². The highest BCUT2D eigenvalue weighted by atomic mass is 16.5. The maximum Gasteiger partial charge on any atom is 0.397 e. The molecule has 5 heteroatoms. The Balaban J connectivity index is 2.39. The van der Waals surface area contributed by atoms with Gasteiger partial charge in [-0.1, -0.05) is 0 Å². The highest BCUT2D eigenvalue weighted by molar-refractivity contribution is 6.32. The molecule has 0 bridgehead atoms. The molecule has 5 nitrogen and oxygen atoms in total. The number of nitrogens with zero attached hydrogens (tertiary/aromatic N) is 1. The van der Waals surface area contributed by atoms with Gasteiger partial charge < -0.3 is 14.5 Å². The Labute approximate surface area is 90.0 Å². The van der Waals surface area contributed by atoms with Crippen molar-refractivity contribution in [2.45, 2.75) is 13.8 Å². The van der Waals surface area contributed by atoms with Crippen LogP contribution in [0.4, 0.5) is 0 Å². The van der Waals surface area contributed by atoms with Crippen molar-refractivity contribution in [3.63, 3.8) is 0 Å². The first kappa shape index (κ1) is 12.0. The molecule has 0 unspecified atom stereocenters. The van der Waals surface area contributed by atoms with Crippen LogP contribution >= 0.6 is 0 Å². The first-order valence-electron chi connectivity index (χ1n) is 5.48. The van der Waals surface area contributed by atoms with E-state index in [-0.39, 0.29) is 6.61 Å². The first-order chi connectivity index (χ1) is 7.19. The lowest BCUT2D eigenvalue weighted by atomic mass is 10.3. The largest absolute Gasteiger partial charge is 0.459 e. The van der Waals surface area contributed by atoms with Gasteiger partial charge in [-0.2, -0.15) is 0 Å². The second kappa shape index (κ2) is 5.70. The van der Waals surface area contributed by atoms with Gasteiger partial charge in [-0.3, -0.25) is 4.79 Å². The van der Waals surface area contributed by atoms with Crippen LogP contribution < -0.4 is 4.90 Å². The molecular weight excluding hydrogens is 196 g/mol. The van der Waals surface area contributed by atoms with Gasteiger partial charge in [0.05, 0.1) is 39.3 Å². The van der Waals surface area contributed by atoms with Gasteiger partial charge in [0.1, 0.15) is 0 Å². The fourth-order valence-electron chi connectivity index (χ4n) is 1.70. The normalized spacial score (nSPS) is 17.6. The van der Waals surface area contributed by atoms with E-state index in [4.69, 9.17) is 0 Å². The van der Waals surface area contributed by atoms with E-state index >= 15 is 0 Å². The summed E-state index contributed by atoms with van der Waals surface area (Å²) in [5.41, 5.74) is 0. The highest BCUT2D eigenvalue weighted by Crippen LogP contribution is 1.93. The summed E-state index contributed by atoms with van der Waals surface area (Å²) in [6.45, 7) is 8.29. The fourth-order valence-corrected chi connectivity index (χ4v) is 1.70. The number of piperazine rings is 1. The number of carbonyl (C=O) groups is 2. The zero-order chi connectivity index (χ0) is 11.3. The summed E-state index contributed by atoms with van der Waals surface area (Å²) in [6.07, 6.45) is 0. The summed E-state index contributed by atoms with van der Waals surface area (Å²) < 4.78 is 4.67. The van der Waals surface area contributed by atoms with E-state index in [9.17, 15) is 9.59 Å². The molecular formula is C10H19N2O3+. The minimum atomic E-state index is -0.725. The Morgan fingerprint density at radius 2 is 1.87 bits per heavy atom. The van der Waals surface area contributed by atoms with Crippen molar-refractivity contribution in [2.75, 3.05) is 39.3 Å². The van der Waals surface area contributed by atoms with Crippen LogP contribution in [0.5, 0.6) is 0 Å². The highest BCUT2D eigenvalue weighted by Gasteiger charge is 2.27. The third kappa shape index (κ3) is 3.20. The number of amides is 1. The summed E-state index contributed by atoms with van der Waals surface area (Å²) in [7, 11) is 0. The van der Waals surface area contributed by atoms with Crippen LogP contribution in [0.1, 0.15) is 13.8 Å². The summed E-state index contributed by atoms with van der Waals surface area (Å²) in [5, 5.41) is 0. The Bertz CT molecular complexity index is 235. The van der Waals surface area contributed by atoms with E-state index in [1.807, 2.05) is 0 Å². The van der Waals surface area contributed by atoms with Gasteiger partial charge in [0.15, 0.2) is 0 Å². The molecule has 0 aliphatic carbocycles. The van der Waals surface area contributed by atoms with Crippen LogP contribution in [0.15, 0.2) is 0 Å². The maximum atomic E-state index is 11.5. The molecule has 86 valence electrons. The van der Waals surface area contributed by atoms with Crippen molar-refractivity contribution in [1.82, 2.24) is 4.90 Å². The third-order valence-electron chi connectivity index (χ3n) is 2.71. The fraction of sp³-hybridized carbons (Fsp3) is 0.800. The molecule has 15 heavy (non-hydrogen) atoms. The summed E-state index contributed by atoms with van der Waals surface area (Å²) in [6, 6.07) is 0. The van der Waals surface area contributed by atoms with E-state index < -0.39 is 11.9 Å². The Morgan fingerprint density at radius 3 is 2.33 bits per heavy atom. The van der Waals surface area contributed by atoms with Gasteiger partial charge in [0.2, 0.25) is 0 Å². The topological polar surface area (TPSA) is 51.1 Å². The zero-order valence-corrected chi connectivity index (χ0v) is 9.41. The number of esters is 1. The lowest BCUT2D eigenvalue weighted by Crippen LogP contribution is -3.14. The van der Waals surface area contributed by atoms with Gasteiger partial charge in [0.25, 0.3) is 0 Å². The SMILES string of the molecule is CCOC(=O)C(=O)N1CC[NH+](CC)CC1. The van der Waals surface area contributed by atoms with Crippen LogP contribution in [-0.2, 0) is 14.3 Å². The average Bonchev–Trinajstić information content (AvgIpc) is 2.28. The van der Waals surface area contributed by atoms with Crippen LogP contribution in [0.2, 0.25) is 0 Å². The van der Waals surface area contributed by atoms with Crippen molar-refractivity contribution in [2.24, 2.45) is 0 Å². The summed E-state index contributed by atoms with van der Waals surface area (Å²) in [5.74, 6) is -1.22. The quantitative estimate of drug-likeness (QED) is 0.441. The first-order valence-corrected chi connectivity index (χ1v) is 5.48. The number of ether oxygens (including phenoxy) is 1. The van der Waals surface area contributed by atoms with Crippen molar-refractivity contribution in [3.8, 4) is 0 Å². The molecule has 0 aromatic rings. The van der Waals surface area contributed by atoms with E-state index in [0.717, 1.165) is 19.6 Å². The van der Waals surface area contributed by atoms with E-state index in [2.05, 4.69) is 11.7 Å². The molecule has 1 rings (SSSR count). The number of hydrogen-bond acceptors (Lipinski definition) is 3.